The maximum absolute atomic E-state index is 12.7. The Morgan fingerprint density at radius 1 is 1.15 bits per heavy atom. The normalized spacial score (nSPS) is 20.5. The molecule has 2 heterocycles. The van der Waals surface area contributed by atoms with Crippen LogP contribution in [0.3, 0.4) is 0 Å². The number of likely N-dealkylation sites (tertiary alicyclic amines) is 1. The monoisotopic (exact) mass is 395 g/mol. The van der Waals surface area contributed by atoms with E-state index in [1.165, 1.54) is 11.1 Å². The maximum Gasteiger partial charge on any atom is 0.317 e. The van der Waals surface area contributed by atoms with Crippen LogP contribution in [0, 0.1) is 0 Å². The van der Waals surface area contributed by atoms with E-state index in [1.54, 1.807) is 0 Å². The molecule has 1 aromatic rings. The van der Waals surface area contributed by atoms with Crippen LogP contribution in [-0.2, 0) is 22.6 Å². The van der Waals surface area contributed by atoms with Crippen LogP contribution in [0.1, 0.15) is 30.4 Å². The number of likely N-dealkylation sites (N-methyl/N-ethyl adjacent to an activating group) is 1. The zero-order valence-corrected chi connectivity index (χ0v) is 16.8. The molecular weight excluding hydrogens is 366 g/mol. The third-order valence-corrected chi connectivity index (χ3v) is 5.64. The first kappa shape index (κ1) is 21.7. The molecule has 150 valence electrons. The first-order valence-electron chi connectivity index (χ1n) is 9.52. The van der Waals surface area contributed by atoms with Crippen LogP contribution >= 0.6 is 12.4 Å². The van der Waals surface area contributed by atoms with Gasteiger partial charge in [0.2, 0.25) is 5.91 Å². The molecule has 1 amide bonds. The van der Waals surface area contributed by atoms with Crippen LogP contribution in [0.4, 0.5) is 0 Å². The number of carboxylic acids is 1. The van der Waals surface area contributed by atoms with Gasteiger partial charge < -0.3 is 10.0 Å². The maximum atomic E-state index is 12.7. The number of amides is 1. The Kier molecular flexibility index (Phi) is 8.07. The summed E-state index contributed by atoms with van der Waals surface area (Å²) in [5.74, 6) is -0.578. The summed E-state index contributed by atoms with van der Waals surface area (Å²) >= 11 is 0. The summed E-state index contributed by atoms with van der Waals surface area (Å²) in [4.78, 5) is 29.8. The smallest absolute Gasteiger partial charge is 0.317 e. The number of carboxylic acid groups (broad SMARTS) is 1. The van der Waals surface area contributed by atoms with Gasteiger partial charge in [0.25, 0.3) is 0 Å². The molecule has 0 bridgehead atoms. The molecule has 2 aliphatic rings. The summed E-state index contributed by atoms with van der Waals surface area (Å²) in [6.45, 7) is 3.83. The minimum Gasteiger partial charge on any atom is -0.480 e. The molecule has 3 rings (SSSR count). The molecule has 1 atom stereocenters. The standard InChI is InChI=1S/C20H29N3O3.ClH/c1-21(15-20(25)26)18-7-4-10-22(11-9-18)14-19(24)23-12-8-16-5-2-3-6-17(16)13-23;/h2-3,5-6,18H,4,7-15H2,1H3,(H,25,26);1H. The third-order valence-electron chi connectivity index (χ3n) is 5.64. The zero-order chi connectivity index (χ0) is 18.5. The number of nitrogens with zero attached hydrogens (tertiary/aromatic N) is 3. The number of halogens is 1. The highest BCUT2D eigenvalue weighted by atomic mass is 35.5. The van der Waals surface area contributed by atoms with Crippen LogP contribution in [-0.4, -0.2) is 77.5 Å². The number of benzene rings is 1. The molecule has 0 aliphatic carbocycles. The Morgan fingerprint density at radius 3 is 2.63 bits per heavy atom. The SMILES string of the molecule is CN(CC(=O)O)C1CCCN(CC(=O)N2CCc3ccccc3C2)CC1.Cl. The molecule has 1 unspecified atom stereocenters. The van der Waals surface area contributed by atoms with Crippen molar-refractivity contribution in [2.24, 2.45) is 0 Å². The van der Waals surface area contributed by atoms with Crippen molar-refractivity contribution in [3.05, 3.63) is 35.4 Å². The van der Waals surface area contributed by atoms with Crippen LogP contribution in [0.5, 0.6) is 0 Å². The predicted octanol–water partition coefficient (Wildman–Crippen LogP) is 1.86. The Morgan fingerprint density at radius 2 is 1.89 bits per heavy atom. The number of carbonyl (C=O) groups excluding carboxylic acids is 1. The highest BCUT2D eigenvalue weighted by Crippen LogP contribution is 2.20. The van der Waals surface area contributed by atoms with E-state index in [0.29, 0.717) is 13.1 Å². The van der Waals surface area contributed by atoms with Crippen molar-refractivity contribution >= 4 is 24.3 Å². The van der Waals surface area contributed by atoms with Gasteiger partial charge in [0.15, 0.2) is 0 Å². The van der Waals surface area contributed by atoms with E-state index >= 15 is 0 Å². The molecule has 0 spiro atoms. The lowest BCUT2D eigenvalue weighted by molar-refractivity contribution is -0.138. The largest absolute Gasteiger partial charge is 0.480 e. The highest BCUT2D eigenvalue weighted by molar-refractivity contribution is 5.85. The van der Waals surface area contributed by atoms with Crippen LogP contribution < -0.4 is 0 Å². The molecule has 6 nitrogen and oxygen atoms in total. The summed E-state index contributed by atoms with van der Waals surface area (Å²) in [5, 5.41) is 8.97. The van der Waals surface area contributed by atoms with Gasteiger partial charge in [0, 0.05) is 25.7 Å². The average Bonchev–Trinajstić information content (AvgIpc) is 2.86. The summed E-state index contributed by atoms with van der Waals surface area (Å²) in [6, 6.07) is 8.65. The Hall–Kier alpha value is -1.63. The molecule has 1 fully saturated rings. The molecule has 1 aromatic carbocycles. The first-order chi connectivity index (χ1) is 12.5. The Labute approximate surface area is 167 Å². The Bertz CT molecular complexity index is 655. The molecule has 1 saturated heterocycles. The van der Waals surface area contributed by atoms with E-state index in [4.69, 9.17) is 5.11 Å². The number of hydrogen-bond donors (Lipinski definition) is 1. The minimum atomic E-state index is -0.783. The van der Waals surface area contributed by atoms with Gasteiger partial charge in [0.1, 0.15) is 0 Å². The molecule has 7 heteroatoms. The van der Waals surface area contributed by atoms with Crippen molar-refractivity contribution in [1.29, 1.82) is 0 Å². The van der Waals surface area contributed by atoms with E-state index in [2.05, 4.69) is 23.1 Å². The van der Waals surface area contributed by atoms with Crippen molar-refractivity contribution in [2.75, 3.05) is 39.8 Å². The van der Waals surface area contributed by atoms with E-state index in [1.807, 2.05) is 22.9 Å². The minimum absolute atomic E-state index is 0. The van der Waals surface area contributed by atoms with Gasteiger partial charge in [-0.1, -0.05) is 24.3 Å². The second-order valence-electron chi connectivity index (χ2n) is 7.50. The second-order valence-corrected chi connectivity index (χ2v) is 7.50. The summed E-state index contributed by atoms with van der Waals surface area (Å²) in [7, 11) is 1.88. The highest BCUT2D eigenvalue weighted by Gasteiger charge is 2.25. The van der Waals surface area contributed by atoms with E-state index < -0.39 is 5.97 Å². The van der Waals surface area contributed by atoms with E-state index in [-0.39, 0.29) is 30.9 Å². The van der Waals surface area contributed by atoms with Gasteiger partial charge >= 0.3 is 5.97 Å². The number of aliphatic carboxylic acids is 1. The summed E-state index contributed by atoms with van der Waals surface area (Å²) < 4.78 is 0. The average molecular weight is 396 g/mol. The fourth-order valence-corrected chi connectivity index (χ4v) is 4.08. The van der Waals surface area contributed by atoms with E-state index in [0.717, 1.165) is 45.3 Å². The van der Waals surface area contributed by atoms with Crippen LogP contribution in [0.25, 0.3) is 0 Å². The number of fused-ring (bicyclic) bond motifs is 1. The second kappa shape index (κ2) is 10.1. The quantitative estimate of drug-likeness (QED) is 0.824. The van der Waals surface area contributed by atoms with E-state index in [9.17, 15) is 9.59 Å². The van der Waals surface area contributed by atoms with Gasteiger partial charge in [-0.25, -0.2) is 0 Å². The van der Waals surface area contributed by atoms with Crippen LogP contribution in [0.2, 0.25) is 0 Å². The van der Waals surface area contributed by atoms with Crippen molar-refractivity contribution < 1.29 is 14.7 Å². The first-order valence-corrected chi connectivity index (χ1v) is 9.52. The fourth-order valence-electron chi connectivity index (χ4n) is 4.08. The third kappa shape index (κ3) is 5.92. The van der Waals surface area contributed by atoms with Gasteiger partial charge in [0.05, 0.1) is 13.1 Å². The number of rotatable bonds is 5. The lowest BCUT2D eigenvalue weighted by atomic mass is 10.00. The molecule has 0 aromatic heterocycles. The lowest BCUT2D eigenvalue weighted by Gasteiger charge is -2.31. The number of hydrogen-bond acceptors (Lipinski definition) is 4. The summed E-state index contributed by atoms with van der Waals surface area (Å²) in [5.41, 5.74) is 2.62. The molecule has 2 aliphatic heterocycles. The van der Waals surface area contributed by atoms with Gasteiger partial charge in [-0.15, -0.1) is 12.4 Å². The van der Waals surface area contributed by atoms with Crippen molar-refractivity contribution in [2.45, 2.75) is 38.3 Å². The molecular formula is C20H30ClN3O3. The molecule has 27 heavy (non-hydrogen) atoms. The van der Waals surface area contributed by atoms with Gasteiger partial charge in [-0.2, -0.15) is 0 Å². The van der Waals surface area contributed by atoms with Crippen molar-refractivity contribution in [3.8, 4) is 0 Å². The van der Waals surface area contributed by atoms with Gasteiger partial charge in [-0.05, 0) is 50.4 Å². The molecule has 1 N–H and O–H groups in total. The molecule has 0 radical (unpaired) electrons. The predicted molar refractivity (Wildman–Crippen MR) is 107 cm³/mol. The van der Waals surface area contributed by atoms with Gasteiger partial charge in [-0.3, -0.25) is 19.4 Å². The zero-order valence-electron chi connectivity index (χ0n) is 16.0. The lowest BCUT2D eigenvalue weighted by Crippen LogP contribution is -2.43. The molecule has 0 saturated carbocycles. The van der Waals surface area contributed by atoms with Crippen molar-refractivity contribution in [1.82, 2.24) is 14.7 Å². The fraction of sp³-hybridized carbons (Fsp3) is 0.600. The van der Waals surface area contributed by atoms with Crippen LogP contribution in [0.15, 0.2) is 24.3 Å². The number of carbonyl (C=O) groups is 2. The topological polar surface area (TPSA) is 64.1 Å². The summed E-state index contributed by atoms with van der Waals surface area (Å²) in [6.07, 6.45) is 3.85. The van der Waals surface area contributed by atoms with Crippen molar-refractivity contribution in [3.63, 3.8) is 0 Å². The Balaban J connectivity index is 0.00000261.